The monoisotopic (exact) mass is 466 g/mol. The average molecular weight is 466 g/mol. The number of carbonyl (C=O) groups is 1. The number of fused-ring (bicyclic) bond motifs is 1. The van der Waals surface area contributed by atoms with Crippen molar-refractivity contribution in [1.82, 2.24) is 14.8 Å². The molecule has 0 aliphatic heterocycles. The summed E-state index contributed by atoms with van der Waals surface area (Å²) in [7, 11) is 1.35. The predicted molar refractivity (Wildman–Crippen MR) is 132 cm³/mol. The molecule has 2 aromatic carbocycles. The zero-order valence-electron chi connectivity index (χ0n) is 19.2. The van der Waals surface area contributed by atoms with Crippen molar-refractivity contribution in [3.8, 4) is 11.5 Å². The molecule has 35 heavy (non-hydrogen) atoms. The molecule has 0 fully saturated rings. The third-order valence-electron chi connectivity index (χ3n) is 5.37. The minimum atomic E-state index is -0.475. The lowest BCUT2D eigenvalue weighted by Gasteiger charge is -2.08. The van der Waals surface area contributed by atoms with Gasteiger partial charge >= 0.3 is 5.97 Å². The largest absolute Gasteiger partial charge is 0.465 e. The van der Waals surface area contributed by atoms with E-state index in [9.17, 15) is 4.79 Å². The molecule has 5 aromatic rings. The van der Waals surface area contributed by atoms with Crippen molar-refractivity contribution in [2.75, 3.05) is 7.11 Å². The van der Waals surface area contributed by atoms with Gasteiger partial charge in [-0.05, 0) is 55.0 Å². The van der Waals surface area contributed by atoms with Gasteiger partial charge in [0, 0.05) is 0 Å². The molecule has 0 aliphatic carbocycles. The van der Waals surface area contributed by atoms with E-state index in [2.05, 4.69) is 15.1 Å². The van der Waals surface area contributed by atoms with Crippen LogP contribution in [-0.2, 0) is 11.3 Å². The van der Waals surface area contributed by atoms with Crippen molar-refractivity contribution < 1.29 is 18.7 Å². The molecule has 0 atom stereocenters. The van der Waals surface area contributed by atoms with Gasteiger partial charge in [-0.3, -0.25) is 0 Å². The van der Waals surface area contributed by atoms with E-state index >= 15 is 0 Å². The smallest absolute Gasteiger partial charge is 0.338 e. The molecule has 3 aromatic heterocycles. The Morgan fingerprint density at radius 1 is 1.06 bits per heavy atom. The van der Waals surface area contributed by atoms with Gasteiger partial charge in [0.25, 0.3) is 0 Å². The van der Waals surface area contributed by atoms with E-state index in [1.807, 2.05) is 61.5 Å². The minimum absolute atomic E-state index is 0.349. The Kier molecular flexibility index (Phi) is 6.09. The van der Waals surface area contributed by atoms with Crippen LogP contribution in [0.15, 0.2) is 88.5 Å². The van der Waals surface area contributed by atoms with Crippen molar-refractivity contribution in [3.63, 3.8) is 0 Å². The maximum atomic E-state index is 12.5. The van der Waals surface area contributed by atoms with Crippen molar-refractivity contribution in [2.24, 2.45) is 4.99 Å². The Hall–Kier alpha value is -4.72. The highest BCUT2D eigenvalue weighted by Gasteiger charge is 2.20. The summed E-state index contributed by atoms with van der Waals surface area (Å²) in [6.45, 7) is 2.30. The third kappa shape index (κ3) is 4.81. The van der Waals surface area contributed by atoms with Crippen LogP contribution in [0, 0.1) is 6.92 Å². The molecule has 0 aliphatic rings. The fraction of sp³-hybridized carbons (Fsp3) is 0.111. The van der Waals surface area contributed by atoms with Gasteiger partial charge < -0.3 is 13.9 Å². The summed E-state index contributed by atoms with van der Waals surface area (Å²) in [6, 6.07) is 22.5. The molecule has 8 heteroatoms. The van der Waals surface area contributed by atoms with Crippen LogP contribution in [-0.4, -0.2) is 34.1 Å². The van der Waals surface area contributed by atoms with Crippen molar-refractivity contribution in [1.29, 1.82) is 0 Å². The number of methoxy groups -OCH3 is 1. The fourth-order valence-electron chi connectivity index (χ4n) is 3.74. The Bertz CT molecular complexity index is 1490. The van der Waals surface area contributed by atoms with E-state index in [1.54, 1.807) is 35.4 Å². The van der Waals surface area contributed by atoms with Gasteiger partial charge in [-0.2, -0.15) is 5.10 Å². The highest BCUT2D eigenvalue weighted by atomic mass is 16.5. The molecule has 5 rings (SSSR count). The number of rotatable bonds is 7. The second kappa shape index (κ2) is 9.64. The first kappa shape index (κ1) is 22.1. The lowest BCUT2D eigenvalue weighted by atomic mass is 10.1. The molecule has 0 N–H and O–H groups in total. The Morgan fingerprint density at radius 2 is 1.83 bits per heavy atom. The number of aliphatic imine (C=N–C) groups is 1. The number of hydrogen-bond acceptors (Lipinski definition) is 7. The standard InChI is InChI=1S/C27H22N4O4/c1-18-25-23(27(32)33-2)15-24(28-16-22-9-6-14-34-22)29-26(25)31(30-18)17-19-10-12-21(13-11-19)35-20-7-4-3-5-8-20/h3-16H,17H2,1-2H3. The van der Waals surface area contributed by atoms with Gasteiger partial charge in [0.2, 0.25) is 0 Å². The molecule has 0 saturated heterocycles. The summed E-state index contributed by atoms with van der Waals surface area (Å²) in [5.41, 5.74) is 2.58. The molecular weight excluding hydrogens is 444 g/mol. The van der Waals surface area contributed by atoms with Gasteiger partial charge in [-0.15, -0.1) is 0 Å². The maximum Gasteiger partial charge on any atom is 0.338 e. The zero-order valence-corrected chi connectivity index (χ0v) is 19.2. The first-order valence-corrected chi connectivity index (χ1v) is 11.0. The normalized spacial score (nSPS) is 11.3. The fourth-order valence-corrected chi connectivity index (χ4v) is 3.74. The molecule has 0 bridgehead atoms. The topological polar surface area (TPSA) is 91.7 Å². The van der Waals surface area contributed by atoms with Gasteiger partial charge in [0.05, 0.1) is 42.8 Å². The SMILES string of the molecule is COC(=O)c1cc(N=Cc2ccco2)nc2c1c(C)nn2Cc1ccc(Oc2ccccc2)cc1. The van der Waals surface area contributed by atoms with Crippen LogP contribution in [0.1, 0.15) is 27.4 Å². The van der Waals surface area contributed by atoms with Crippen LogP contribution in [0.2, 0.25) is 0 Å². The molecule has 0 spiro atoms. The van der Waals surface area contributed by atoms with Crippen molar-refractivity contribution in [3.05, 3.63) is 102 Å². The van der Waals surface area contributed by atoms with E-state index in [-0.39, 0.29) is 0 Å². The molecule has 174 valence electrons. The molecule has 0 radical (unpaired) electrons. The number of aryl methyl sites for hydroxylation is 1. The van der Waals surface area contributed by atoms with Gasteiger partial charge in [-0.25, -0.2) is 19.5 Å². The minimum Gasteiger partial charge on any atom is -0.465 e. The van der Waals surface area contributed by atoms with E-state index in [0.717, 1.165) is 17.1 Å². The van der Waals surface area contributed by atoms with Crippen LogP contribution < -0.4 is 4.74 Å². The second-order valence-corrected chi connectivity index (χ2v) is 7.79. The number of nitrogens with zero attached hydrogens (tertiary/aromatic N) is 4. The summed E-state index contributed by atoms with van der Waals surface area (Å²) >= 11 is 0. The molecule has 0 unspecified atom stereocenters. The summed E-state index contributed by atoms with van der Waals surface area (Å²) in [6.07, 6.45) is 3.11. The number of aromatic nitrogens is 3. The van der Waals surface area contributed by atoms with E-state index in [0.29, 0.717) is 40.4 Å². The first-order valence-electron chi connectivity index (χ1n) is 11.0. The van der Waals surface area contributed by atoms with E-state index in [1.165, 1.54) is 7.11 Å². The molecule has 3 heterocycles. The van der Waals surface area contributed by atoms with Crippen LogP contribution in [0.25, 0.3) is 11.0 Å². The molecule has 0 amide bonds. The summed E-state index contributed by atoms with van der Waals surface area (Å²) < 4.78 is 17.9. The number of benzene rings is 2. The molecule has 8 nitrogen and oxygen atoms in total. The van der Waals surface area contributed by atoms with Gasteiger partial charge in [0.15, 0.2) is 11.5 Å². The molecule has 0 saturated carbocycles. The number of pyridine rings is 1. The highest BCUT2D eigenvalue weighted by molar-refractivity contribution is 6.04. The quantitative estimate of drug-likeness (QED) is 0.225. The predicted octanol–water partition coefficient (Wildman–Crippen LogP) is 5.71. The van der Waals surface area contributed by atoms with Crippen molar-refractivity contribution >= 4 is 29.0 Å². The van der Waals surface area contributed by atoms with Crippen LogP contribution in [0.3, 0.4) is 0 Å². The lowest BCUT2D eigenvalue weighted by Crippen LogP contribution is -2.05. The van der Waals surface area contributed by atoms with E-state index in [4.69, 9.17) is 13.9 Å². The van der Waals surface area contributed by atoms with Crippen LogP contribution in [0.4, 0.5) is 5.82 Å². The number of carbonyl (C=O) groups excluding carboxylic acids is 1. The summed E-state index contributed by atoms with van der Waals surface area (Å²) in [4.78, 5) is 21.6. The molecular formula is C27H22N4O4. The zero-order chi connectivity index (χ0) is 24.2. The summed E-state index contributed by atoms with van der Waals surface area (Å²) in [5, 5.41) is 5.29. The number of ether oxygens (including phenoxy) is 2. The van der Waals surface area contributed by atoms with E-state index < -0.39 is 5.97 Å². The highest BCUT2D eigenvalue weighted by Crippen LogP contribution is 2.27. The summed E-state index contributed by atoms with van der Waals surface area (Å²) in [5.74, 6) is 1.96. The third-order valence-corrected chi connectivity index (χ3v) is 5.37. The van der Waals surface area contributed by atoms with Crippen LogP contribution in [0.5, 0.6) is 11.5 Å². The van der Waals surface area contributed by atoms with Gasteiger partial charge in [0.1, 0.15) is 17.3 Å². The lowest BCUT2D eigenvalue weighted by molar-refractivity contribution is 0.0603. The van der Waals surface area contributed by atoms with Crippen molar-refractivity contribution in [2.45, 2.75) is 13.5 Å². The number of hydrogen-bond donors (Lipinski definition) is 0. The van der Waals surface area contributed by atoms with Gasteiger partial charge in [-0.1, -0.05) is 30.3 Å². The Balaban J connectivity index is 1.47. The average Bonchev–Trinajstić information content (AvgIpc) is 3.52. The number of esters is 1. The Morgan fingerprint density at radius 3 is 2.54 bits per heavy atom. The Labute approximate surface area is 201 Å². The maximum absolute atomic E-state index is 12.5. The first-order chi connectivity index (χ1) is 17.1. The van der Waals surface area contributed by atoms with Crippen LogP contribution >= 0.6 is 0 Å². The second-order valence-electron chi connectivity index (χ2n) is 7.79. The number of furan rings is 1. The number of para-hydroxylation sites is 1.